The lowest BCUT2D eigenvalue weighted by Gasteiger charge is -2.33. The predicted molar refractivity (Wildman–Crippen MR) is 75.4 cm³/mol. The second-order valence-corrected chi connectivity index (χ2v) is 6.60. The van der Waals surface area contributed by atoms with Crippen LogP contribution in [-0.2, 0) is 0 Å². The maximum atomic E-state index is 5.88. The van der Waals surface area contributed by atoms with Gasteiger partial charge in [-0.05, 0) is 58.3 Å². The van der Waals surface area contributed by atoms with Gasteiger partial charge >= 0.3 is 0 Å². The van der Waals surface area contributed by atoms with Gasteiger partial charge in [-0.15, -0.1) is 11.3 Å². The Kier molecular flexibility index (Phi) is 4.23. The summed E-state index contributed by atoms with van der Waals surface area (Å²) < 4.78 is 0. The Hall–Kier alpha value is -0.380. The number of thiophene rings is 1. The van der Waals surface area contributed by atoms with Gasteiger partial charge in [-0.3, -0.25) is 4.90 Å². The van der Waals surface area contributed by atoms with E-state index in [1.165, 1.54) is 29.0 Å². The second-order valence-electron chi connectivity index (χ2n) is 5.28. The molecule has 2 nitrogen and oxygen atoms in total. The zero-order chi connectivity index (χ0) is 12.4. The average molecular weight is 252 g/mol. The first-order chi connectivity index (χ1) is 8.13. The summed E-state index contributed by atoms with van der Waals surface area (Å²) in [6.07, 6.45) is 3.96. The lowest BCUT2D eigenvalue weighted by Crippen LogP contribution is -2.38. The van der Waals surface area contributed by atoms with E-state index in [1.807, 2.05) is 11.3 Å². The van der Waals surface area contributed by atoms with Crippen molar-refractivity contribution in [3.8, 4) is 0 Å². The molecule has 3 heteroatoms. The normalized spacial score (nSPS) is 26.6. The minimum absolute atomic E-state index is 0.519. The predicted octanol–water partition coefficient (Wildman–Crippen LogP) is 3.18. The van der Waals surface area contributed by atoms with Crippen molar-refractivity contribution in [1.82, 2.24) is 4.90 Å². The van der Waals surface area contributed by atoms with Gasteiger partial charge in [-0.25, -0.2) is 0 Å². The summed E-state index contributed by atoms with van der Waals surface area (Å²) in [5, 5.41) is 0. The fourth-order valence-corrected chi connectivity index (χ4v) is 3.98. The third-order valence-electron chi connectivity index (χ3n) is 4.23. The van der Waals surface area contributed by atoms with Crippen LogP contribution in [0.4, 0.5) is 0 Å². The van der Waals surface area contributed by atoms with Gasteiger partial charge in [0, 0.05) is 21.8 Å². The van der Waals surface area contributed by atoms with Crippen LogP contribution in [0, 0.1) is 12.8 Å². The summed E-state index contributed by atoms with van der Waals surface area (Å²) >= 11 is 1.92. The summed E-state index contributed by atoms with van der Waals surface area (Å²) in [5.41, 5.74) is 5.88. The first-order valence-corrected chi connectivity index (χ1v) is 7.43. The topological polar surface area (TPSA) is 29.3 Å². The van der Waals surface area contributed by atoms with Crippen LogP contribution in [0.3, 0.4) is 0 Å². The van der Waals surface area contributed by atoms with Crippen LogP contribution in [0.2, 0.25) is 0 Å². The smallest absolute Gasteiger partial charge is 0.0413 e. The van der Waals surface area contributed by atoms with Gasteiger partial charge in [-0.1, -0.05) is 6.42 Å². The molecule has 2 rings (SSSR count). The third kappa shape index (κ3) is 2.72. The molecule has 2 N–H and O–H groups in total. The molecule has 0 radical (unpaired) electrons. The molecule has 3 atom stereocenters. The molecule has 96 valence electrons. The number of nitrogens with two attached hydrogens (primary N) is 1. The fraction of sp³-hybridized carbons (Fsp3) is 0.714. The van der Waals surface area contributed by atoms with Crippen LogP contribution >= 0.6 is 11.3 Å². The lowest BCUT2D eigenvalue weighted by atomic mass is 10.0. The van der Waals surface area contributed by atoms with E-state index in [4.69, 9.17) is 5.73 Å². The molecular formula is C14H24N2S. The Bertz CT molecular complexity index is 361. The summed E-state index contributed by atoms with van der Waals surface area (Å²) in [6.45, 7) is 5.33. The SMILES string of the molecule is Cc1ccc(C(C)N(C)C2CCCC2CN)s1. The van der Waals surface area contributed by atoms with E-state index >= 15 is 0 Å². The van der Waals surface area contributed by atoms with Crippen molar-refractivity contribution in [2.24, 2.45) is 11.7 Å². The van der Waals surface area contributed by atoms with E-state index in [9.17, 15) is 0 Å². The zero-order valence-corrected chi connectivity index (χ0v) is 12.0. The van der Waals surface area contributed by atoms with Crippen LogP contribution < -0.4 is 5.73 Å². The molecule has 1 aliphatic rings. The van der Waals surface area contributed by atoms with E-state index in [0.717, 1.165) is 6.54 Å². The van der Waals surface area contributed by atoms with Crippen LogP contribution in [0.15, 0.2) is 12.1 Å². The fourth-order valence-electron chi connectivity index (χ4n) is 2.99. The Morgan fingerprint density at radius 1 is 1.47 bits per heavy atom. The Morgan fingerprint density at radius 3 is 2.82 bits per heavy atom. The van der Waals surface area contributed by atoms with Crippen molar-refractivity contribution in [3.63, 3.8) is 0 Å². The highest BCUT2D eigenvalue weighted by molar-refractivity contribution is 7.12. The number of hydrogen-bond donors (Lipinski definition) is 1. The number of hydrogen-bond acceptors (Lipinski definition) is 3. The van der Waals surface area contributed by atoms with E-state index in [1.54, 1.807) is 0 Å². The highest BCUT2D eigenvalue weighted by Gasteiger charge is 2.31. The van der Waals surface area contributed by atoms with Crippen molar-refractivity contribution in [3.05, 3.63) is 21.9 Å². The van der Waals surface area contributed by atoms with Gasteiger partial charge in [0.15, 0.2) is 0 Å². The van der Waals surface area contributed by atoms with E-state index in [2.05, 4.69) is 37.9 Å². The summed E-state index contributed by atoms with van der Waals surface area (Å²) in [5.74, 6) is 0.698. The number of rotatable bonds is 4. The molecule has 0 aromatic carbocycles. The molecule has 0 amide bonds. The third-order valence-corrected chi connectivity index (χ3v) is 5.40. The standard InChI is InChI=1S/C14H24N2S/c1-10-7-8-14(17-10)11(2)16(3)13-6-4-5-12(13)9-15/h7-8,11-13H,4-6,9,15H2,1-3H3. The highest BCUT2D eigenvalue weighted by atomic mass is 32.1. The van der Waals surface area contributed by atoms with Crippen molar-refractivity contribution in [2.45, 2.75) is 45.2 Å². The van der Waals surface area contributed by atoms with Gasteiger partial charge in [0.2, 0.25) is 0 Å². The van der Waals surface area contributed by atoms with Gasteiger partial charge in [0.1, 0.15) is 0 Å². The second kappa shape index (κ2) is 5.51. The molecule has 0 saturated heterocycles. The molecule has 3 unspecified atom stereocenters. The lowest BCUT2D eigenvalue weighted by molar-refractivity contribution is 0.154. The highest BCUT2D eigenvalue weighted by Crippen LogP contribution is 2.35. The number of aryl methyl sites for hydroxylation is 1. The van der Waals surface area contributed by atoms with Crippen LogP contribution in [0.25, 0.3) is 0 Å². The molecule has 0 aliphatic heterocycles. The Balaban J connectivity index is 2.06. The van der Waals surface area contributed by atoms with E-state index < -0.39 is 0 Å². The molecule has 1 fully saturated rings. The Morgan fingerprint density at radius 2 is 2.24 bits per heavy atom. The van der Waals surface area contributed by atoms with Crippen molar-refractivity contribution < 1.29 is 0 Å². The van der Waals surface area contributed by atoms with Crippen molar-refractivity contribution in [1.29, 1.82) is 0 Å². The number of nitrogens with zero attached hydrogens (tertiary/aromatic N) is 1. The first-order valence-electron chi connectivity index (χ1n) is 6.61. The molecular weight excluding hydrogens is 228 g/mol. The van der Waals surface area contributed by atoms with Crippen molar-refractivity contribution in [2.75, 3.05) is 13.6 Å². The monoisotopic (exact) mass is 252 g/mol. The molecule has 1 aromatic rings. The average Bonchev–Trinajstić information content (AvgIpc) is 2.95. The maximum Gasteiger partial charge on any atom is 0.0413 e. The quantitative estimate of drug-likeness (QED) is 0.892. The van der Waals surface area contributed by atoms with Crippen LogP contribution in [-0.4, -0.2) is 24.5 Å². The van der Waals surface area contributed by atoms with Crippen LogP contribution in [0.5, 0.6) is 0 Å². The van der Waals surface area contributed by atoms with Gasteiger partial charge < -0.3 is 5.73 Å². The summed E-state index contributed by atoms with van der Waals surface area (Å²) in [6, 6.07) is 5.69. The maximum absolute atomic E-state index is 5.88. The first kappa shape index (κ1) is 13.1. The molecule has 1 aliphatic carbocycles. The van der Waals surface area contributed by atoms with E-state index in [0.29, 0.717) is 18.0 Å². The molecule has 1 saturated carbocycles. The molecule has 1 aromatic heterocycles. The largest absolute Gasteiger partial charge is 0.330 e. The minimum atomic E-state index is 0.519. The molecule has 0 spiro atoms. The van der Waals surface area contributed by atoms with Gasteiger partial charge in [0.05, 0.1) is 0 Å². The van der Waals surface area contributed by atoms with Crippen LogP contribution in [0.1, 0.15) is 42.0 Å². The molecule has 0 bridgehead atoms. The molecule has 1 heterocycles. The summed E-state index contributed by atoms with van der Waals surface area (Å²) in [7, 11) is 2.26. The van der Waals surface area contributed by atoms with E-state index in [-0.39, 0.29) is 0 Å². The zero-order valence-electron chi connectivity index (χ0n) is 11.1. The Labute approximate surface area is 109 Å². The van der Waals surface area contributed by atoms with Gasteiger partial charge in [-0.2, -0.15) is 0 Å². The minimum Gasteiger partial charge on any atom is -0.330 e. The van der Waals surface area contributed by atoms with Gasteiger partial charge in [0.25, 0.3) is 0 Å². The van der Waals surface area contributed by atoms with Crippen molar-refractivity contribution >= 4 is 11.3 Å². The molecule has 17 heavy (non-hydrogen) atoms. The summed E-state index contributed by atoms with van der Waals surface area (Å²) in [4.78, 5) is 5.42.